The third-order valence-electron chi connectivity index (χ3n) is 5.68. The van der Waals surface area contributed by atoms with Crippen molar-refractivity contribution in [2.75, 3.05) is 13.7 Å². The fourth-order valence-corrected chi connectivity index (χ4v) is 4.10. The molecule has 1 aliphatic heterocycles. The number of aromatic nitrogens is 2. The number of hydrogen-bond donors (Lipinski definition) is 0. The average molecular weight is 410 g/mol. The fraction of sp³-hybridized carbons (Fsp3) is 0.762. The molecule has 1 amide bonds. The number of Topliss-reactive ketones (excluding diaryl/α,β-unsaturated/α-hetero) is 1. The van der Waals surface area contributed by atoms with E-state index in [1.807, 2.05) is 20.8 Å². The van der Waals surface area contributed by atoms with Crippen molar-refractivity contribution in [2.45, 2.75) is 83.6 Å². The molecule has 0 spiro atoms. The van der Waals surface area contributed by atoms with Gasteiger partial charge in [0.2, 0.25) is 5.95 Å². The van der Waals surface area contributed by atoms with Crippen LogP contribution in [0.3, 0.4) is 0 Å². The van der Waals surface area contributed by atoms with E-state index in [9.17, 15) is 14.0 Å². The highest BCUT2D eigenvalue weighted by molar-refractivity contribution is 5.96. The van der Waals surface area contributed by atoms with E-state index in [1.54, 1.807) is 11.9 Å². The van der Waals surface area contributed by atoms with Crippen molar-refractivity contribution >= 4 is 11.9 Å². The number of carbonyl (C=O) groups excluding carboxylic acids is 2. The molecule has 1 aromatic heterocycles. The van der Waals surface area contributed by atoms with Gasteiger partial charge in [0, 0.05) is 31.7 Å². The first-order valence-electron chi connectivity index (χ1n) is 10.5. The van der Waals surface area contributed by atoms with E-state index in [0.29, 0.717) is 38.0 Å². The van der Waals surface area contributed by atoms with Crippen molar-refractivity contribution in [3.8, 4) is 0 Å². The number of ketones is 1. The Kier molecular flexibility index (Phi) is 6.61. The van der Waals surface area contributed by atoms with Crippen LogP contribution < -0.4 is 0 Å². The van der Waals surface area contributed by atoms with Crippen LogP contribution in [0.4, 0.5) is 9.18 Å². The van der Waals surface area contributed by atoms with Crippen LogP contribution in [0.2, 0.25) is 0 Å². The van der Waals surface area contributed by atoms with Crippen molar-refractivity contribution in [3.05, 3.63) is 17.7 Å². The number of hydrogen-bond acceptors (Lipinski definition) is 5. The minimum atomic E-state index is -0.652. The molecule has 1 saturated carbocycles. The second-order valence-corrected chi connectivity index (χ2v) is 9.08. The largest absolute Gasteiger partial charge is 0.444 e. The molecule has 1 saturated heterocycles. The zero-order valence-corrected chi connectivity index (χ0v) is 17.8. The van der Waals surface area contributed by atoms with Gasteiger partial charge in [-0.3, -0.25) is 4.79 Å². The van der Waals surface area contributed by atoms with Gasteiger partial charge in [-0.15, -0.1) is 5.10 Å². The van der Waals surface area contributed by atoms with Gasteiger partial charge in [-0.1, -0.05) is 0 Å². The van der Waals surface area contributed by atoms with Gasteiger partial charge >= 0.3 is 6.09 Å². The molecule has 7 nitrogen and oxygen atoms in total. The Morgan fingerprint density at radius 2 is 1.90 bits per heavy atom. The lowest BCUT2D eigenvalue weighted by molar-refractivity contribution is -0.0415. The summed E-state index contributed by atoms with van der Waals surface area (Å²) in [5, 5.41) is 3.89. The van der Waals surface area contributed by atoms with Crippen LogP contribution in [-0.4, -0.2) is 51.9 Å². The van der Waals surface area contributed by atoms with E-state index in [1.165, 1.54) is 10.7 Å². The summed E-state index contributed by atoms with van der Waals surface area (Å²) in [6.07, 6.45) is 4.67. The number of rotatable bonds is 4. The topological polar surface area (TPSA) is 73.7 Å². The van der Waals surface area contributed by atoms with Crippen LogP contribution in [0.15, 0.2) is 6.07 Å². The van der Waals surface area contributed by atoms with Gasteiger partial charge in [-0.05, 0) is 65.7 Å². The van der Waals surface area contributed by atoms with Crippen molar-refractivity contribution in [3.63, 3.8) is 0 Å². The van der Waals surface area contributed by atoms with Crippen LogP contribution in [0, 0.1) is 11.9 Å². The Morgan fingerprint density at radius 1 is 1.21 bits per heavy atom. The summed E-state index contributed by atoms with van der Waals surface area (Å²) in [5.74, 6) is -0.938. The number of halogens is 1. The summed E-state index contributed by atoms with van der Waals surface area (Å²) in [6, 6.07) is 1.26. The molecule has 0 N–H and O–H groups in total. The molecule has 1 aromatic rings. The highest BCUT2D eigenvalue weighted by atomic mass is 19.1. The van der Waals surface area contributed by atoms with Gasteiger partial charge in [0.05, 0.1) is 0 Å². The molecule has 8 heteroatoms. The summed E-state index contributed by atoms with van der Waals surface area (Å²) < 4.78 is 26.4. The molecule has 0 bridgehead atoms. The Labute approximate surface area is 171 Å². The normalized spacial score (nSPS) is 25.5. The summed E-state index contributed by atoms with van der Waals surface area (Å²) in [5.41, 5.74) is -0.249. The van der Waals surface area contributed by atoms with Crippen molar-refractivity contribution < 1.29 is 23.5 Å². The van der Waals surface area contributed by atoms with E-state index in [4.69, 9.17) is 9.47 Å². The average Bonchev–Trinajstić information content (AvgIpc) is 3.08. The first-order valence-corrected chi connectivity index (χ1v) is 10.5. The third kappa shape index (κ3) is 5.35. The molecule has 2 aliphatic rings. The summed E-state index contributed by atoms with van der Waals surface area (Å²) in [4.78, 5) is 27.0. The summed E-state index contributed by atoms with van der Waals surface area (Å²) in [7, 11) is 1.74. The maximum Gasteiger partial charge on any atom is 0.410 e. The SMILES string of the molecule is CN(C(=O)OC(C)(C)C)C1CCC(C(=O)c2cc(F)nn2C2CCCCO2)CC1. The molecule has 0 radical (unpaired) electrons. The van der Waals surface area contributed by atoms with Gasteiger partial charge in [-0.25, -0.2) is 9.48 Å². The standard InChI is InChI=1S/C21H32FN3O4/c1-21(2,3)29-20(27)24(4)15-10-8-14(9-11-15)19(26)16-13-17(22)23-25(16)18-7-5-6-12-28-18/h13-15,18H,5-12H2,1-4H3. The zero-order valence-electron chi connectivity index (χ0n) is 17.8. The van der Waals surface area contributed by atoms with Crippen molar-refractivity contribution in [1.29, 1.82) is 0 Å². The van der Waals surface area contributed by atoms with E-state index in [0.717, 1.165) is 19.3 Å². The van der Waals surface area contributed by atoms with Gasteiger partial charge in [0.25, 0.3) is 0 Å². The lowest BCUT2D eigenvalue weighted by atomic mass is 9.82. The number of amides is 1. The smallest absolute Gasteiger partial charge is 0.410 e. The Hall–Kier alpha value is -1.96. The predicted octanol–water partition coefficient (Wildman–Crippen LogP) is 4.33. The first-order chi connectivity index (χ1) is 13.7. The monoisotopic (exact) mass is 409 g/mol. The number of ether oxygens (including phenoxy) is 2. The van der Waals surface area contributed by atoms with E-state index in [-0.39, 0.29) is 30.1 Å². The maximum atomic E-state index is 13.9. The Balaban J connectivity index is 1.61. The second-order valence-electron chi connectivity index (χ2n) is 9.08. The molecular formula is C21H32FN3O4. The Bertz CT molecular complexity index is 729. The van der Waals surface area contributed by atoms with E-state index in [2.05, 4.69) is 5.10 Å². The molecule has 2 heterocycles. The Morgan fingerprint density at radius 3 is 2.48 bits per heavy atom. The zero-order chi connectivity index (χ0) is 21.2. The summed E-state index contributed by atoms with van der Waals surface area (Å²) >= 11 is 0. The molecular weight excluding hydrogens is 377 g/mol. The minimum Gasteiger partial charge on any atom is -0.444 e. The predicted molar refractivity (Wildman–Crippen MR) is 105 cm³/mol. The molecule has 1 aliphatic carbocycles. The quantitative estimate of drug-likeness (QED) is 0.692. The lowest BCUT2D eigenvalue weighted by Gasteiger charge is -2.35. The van der Waals surface area contributed by atoms with Crippen molar-refractivity contribution in [1.82, 2.24) is 14.7 Å². The highest BCUT2D eigenvalue weighted by Crippen LogP contribution is 2.32. The molecule has 1 unspecified atom stereocenters. The van der Waals surface area contributed by atoms with Crippen molar-refractivity contribution in [2.24, 2.45) is 5.92 Å². The van der Waals surface area contributed by atoms with Gasteiger partial charge < -0.3 is 14.4 Å². The maximum absolute atomic E-state index is 13.9. The van der Waals surface area contributed by atoms with Crippen LogP contribution >= 0.6 is 0 Å². The second kappa shape index (κ2) is 8.81. The van der Waals surface area contributed by atoms with Gasteiger partial charge in [0.1, 0.15) is 11.3 Å². The van der Waals surface area contributed by atoms with E-state index >= 15 is 0 Å². The molecule has 3 rings (SSSR count). The van der Waals surface area contributed by atoms with E-state index < -0.39 is 11.5 Å². The lowest BCUT2D eigenvalue weighted by Crippen LogP contribution is -2.43. The van der Waals surface area contributed by atoms with Crippen LogP contribution in [0.1, 0.15) is 82.4 Å². The van der Waals surface area contributed by atoms with Crippen LogP contribution in [0.25, 0.3) is 0 Å². The summed E-state index contributed by atoms with van der Waals surface area (Å²) in [6.45, 7) is 6.12. The molecule has 0 aromatic carbocycles. The molecule has 162 valence electrons. The minimum absolute atomic E-state index is 0.0391. The third-order valence-corrected chi connectivity index (χ3v) is 5.68. The molecule has 29 heavy (non-hydrogen) atoms. The van der Waals surface area contributed by atoms with Crippen LogP contribution in [-0.2, 0) is 9.47 Å². The fourth-order valence-electron chi connectivity index (χ4n) is 4.10. The van der Waals surface area contributed by atoms with Crippen LogP contribution in [0.5, 0.6) is 0 Å². The number of nitrogens with zero attached hydrogens (tertiary/aromatic N) is 3. The molecule has 2 fully saturated rings. The van der Waals surface area contributed by atoms with Gasteiger partial charge in [-0.2, -0.15) is 4.39 Å². The first kappa shape index (κ1) is 21.7. The van der Waals surface area contributed by atoms with Gasteiger partial charge in [0.15, 0.2) is 12.0 Å². The highest BCUT2D eigenvalue weighted by Gasteiger charge is 2.34. The number of carbonyl (C=O) groups is 2. The molecule has 1 atom stereocenters.